The van der Waals surface area contributed by atoms with Crippen LogP contribution in [0.1, 0.15) is 46.5 Å². The molecule has 0 radical (unpaired) electrons. The van der Waals surface area contributed by atoms with E-state index >= 15 is 0 Å². The minimum Gasteiger partial charge on any atom is -0.317 e. The maximum absolute atomic E-state index is 3.48. The van der Waals surface area contributed by atoms with Crippen molar-refractivity contribution >= 4 is 11.8 Å². The molecule has 0 amide bonds. The standard InChI is InChI=1S/C15H30N2S/c1-12(2)17(11-14-6-8-16-9-7-14)15-5-4-10-18-13(15)3/h12-16H,4-11H2,1-3H3. The quantitative estimate of drug-likeness (QED) is 0.845. The molecule has 0 aromatic carbocycles. The lowest BCUT2D eigenvalue weighted by Gasteiger charge is -2.43. The summed E-state index contributed by atoms with van der Waals surface area (Å²) in [5, 5.41) is 4.30. The first-order chi connectivity index (χ1) is 8.68. The van der Waals surface area contributed by atoms with Gasteiger partial charge in [0.2, 0.25) is 0 Å². The zero-order valence-electron chi connectivity index (χ0n) is 12.3. The molecule has 0 aromatic rings. The average Bonchev–Trinajstić information content (AvgIpc) is 2.38. The van der Waals surface area contributed by atoms with Gasteiger partial charge in [-0.3, -0.25) is 4.90 Å². The molecule has 0 spiro atoms. The molecule has 106 valence electrons. The molecule has 0 saturated carbocycles. The van der Waals surface area contributed by atoms with Crippen molar-refractivity contribution in [2.45, 2.75) is 63.8 Å². The van der Waals surface area contributed by atoms with Gasteiger partial charge in [-0.05, 0) is 64.3 Å². The Labute approximate surface area is 117 Å². The number of hydrogen-bond acceptors (Lipinski definition) is 3. The van der Waals surface area contributed by atoms with Crippen LogP contribution in [0.3, 0.4) is 0 Å². The van der Waals surface area contributed by atoms with Crippen molar-refractivity contribution in [3.8, 4) is 0 Å². The summed E-state index contributed by atoms with van der Waals surface area (Å²) in [6.45, 7) is 11.0. The summed E-state index contributed by atoms with van der Waals surface area (Å²) in [7, 11) is 0. The van der Waals surface area contributed by atoms with Crippen LogP contribution in [0.25, 0.3) is 0 Å². The van der Waals surface area contributed by atoms with Crippen LogP contribution in [0.2, 0.25) is 0 Å². The molecule has 2 aliphatic rings. The minimum absolute atomic E-state index is 0.700. The van der Waals surface area contributed by atoms with E-state index < -0.39 is 0 Å². The molecule has 2 saturated heterocycles. The van der Waals surface area contributed by atoms with E-state index in [4.69, 9.17) is 0 Å². The van der Waals surface area contributed by atoms with Crippen molar-refractivity contribution < 1.29 is 0 Å². The zero-order chi connectivity index (χ0) is 13.0. The summed E-state index contributed by atoms with van der Waals surface area (Å²) in [5.74, 6) is 2.30. The van der Waals surface area contributed by atoms with Gasteiger partial charge in [0.1, 0.15) is 0 Å². The Hall–Kier alpha value is 0.270. The van der Waals surface area contributed by atoms with Gasteiger partial charge in [-0.2, -0.15) is 11.8 Å². The van der Waals surface area contributed by atoms with Crippen molar-refractivity contribution in [2.24, 2.45) is 5.92 Å². The second kappa shape index (κ2) is 7.16. The monoisotopic (exact) mass is 270 g/mol. The number of hydrogen-bond donors (Lipinski definition) is 1. The molecule has 18 heavy (non-hydrogen) atoms. The van der Waals surface area contributed by atoms with Crippen LogP contribution < -0.4 is 5.32 Å². The summed E-state index contributed by atoms with van der Waals surface area (Å²) in [6, 6.07) is 1.52. The van der Waals surface area contributed by atoms with Crippen LogP contribution in [0.5, 0.6) is 0 Å². The highest BCUT2D eigenvalue weighted by atomic mass is 32.2. The molecule has 2 heterocycles. The second-order valence-corrected chi connectivity index (χ2v) is 7.75. The Kier molecular flexibility index (Phi) is 5.84. The van der Waals surface area contributed by atoms with Crippen molar-refractivity contribution in [3.05, 3.63) is 0 Å². The van der Waals surface area contributed by atoms with Crippen LogP contribution in [-0.4, -0.2) is 47.6 Å². The number of nitrogens with zero attached hydrogens (tertiary/aromatic N) is 1. The highest BCUT2D eigenvalue weighted by Gasteiger charge is 2.30. The molecule has 2 unspecified atom stereocenters. The van der Waals surface area contributed by atoms with E-state index in [1.807, 2.05) is 0 Å². The van der Waals surface area contributed by atoms with E-state index in [0.717, 1.165) is 17.2 Å². The maximum atomic E-state index is 3.48. The maximum Gasteiger partial charge on any atom is 0.0215 e. The number of rotatable bonds is 4. The van der Waals surface area contributed by atoms with Gasteiger partial charge in [0.25, 0.3) is 0 Å². The Morgan fingerprint density at radius 2 is 1.94 bits per heavy atom. The third-order valence-electron chi connectivity index (χ3n) is 4.58. The zero-order valence-corrected chi connectivity index (χ0v) is 13.1. The van der Waals surface area contributed by atoms with E-state index in [-0.39, 0.29) is 0 Å². The van der Waals surface area contributed by atoms with E-state index in [1.54, 1.807) is 0 Å². The van der Waals surface area contributed by atoms with Gasteiger partial charge < -0.3 is 5.32 Å². The van der Waals surface area contributed by atoms with Crippen molar-refractivity contribution in [2.75, 3.05) is 25.4 Å². The molecule has 1 N–H and O–H groups in total. The summed E-state index contributed by atoms with van der Waals surface area (Å²) < 4.78 is 0. The molecule has 2 aliphatic heterocycles. The van der Waals surface area contributed by atoms with Gasteiger partial charge in [0, 0.05) is 23.9 Å². The van der Waals surface area contributed by atoms with Gasteiger partial charge >= 0.3 is 0 Å². The Morgan fingerprint density at radius 1 is 1.22 bits per heavy atom. The molecule has 2 rings (SSSR count). The van der Waals surface area contributed by atoms with Crippen LogP contribution in [0, 0.1) is 5.92 Å². The minimum atomic E-state index is 0.700. The van der Waals surface area contributed by atoms with Gasteiger partial charge in [-0.15, -0.1) is 0 Å². The van der Waals surface area contributed by atoms with Gasteiger partial charge in [0.05, 0.1) is 0 Å². The summed E-state index contributed by atoms with van der Waals surface area (Å²) >= 11 is 2.18. The predicted octanol–water partition coefficient (Wildman–Crippen LogP) is 2.98. The lowest BCUT2D eigenvalue weighted by atomic mass is 9.94. The fraction of sp³-hybridized carbons (Fsp3) is 1.00. The smallest absolute Gasteiger partial charge is 0.0215 e. The predicted molar refractivity (Wildman–Crippen MR) is 82.4 cm³/mol. The topological polar surface area (TPSA) is 15.3 Å². The number of nitrogens with one attached hydrogen (secondary N) is 1. The van der Waals surface area contributed by atoms with Crippen molar-refractivity contribution in [1.82, 2.24) is 10.2 Å². The van der Waals surface area contributed by atoms with Crippen LogP contribution >= 0.6 is 11.8 Å². The highest BCUT2D eigenvalue weighted by Crippen LogP contribution is 2.31. The van der Waals surface area contributed by atoms with E-state index in [0.29, 0.717) is 6.04 Å². The molecule has 2 fully saturated rings. The van der Waals surface area contributed by atoms with E-state index in [9.17, 15) is 0 Å². The normalized spacial score (nSPS) is 31.2. The lowest BCUT2D eigenvalue weighted by molar-refractivity contribution is 0.108. The first kappa shape index (κ1) is 14.7. The van der Waals surface area contributed by atoms with Crippen molar-refractivity contribution in [1.29, 1.82) is 0 Å². The van der Waals surface area contributed by atoms with Gasteiger partial charge in [-0.25, -0.2) is 0 Å². The second-order valence-electron chi connectivity index (χ2n) is 6.27. The van der Waals surface area contributed by atoms with Crippen LogP contribution in [0.4, 0.5) is 0 Å². The van der Waals surface area contributed by atoms with E-state index in [1.165, 1.54) is 51.1 Å². The molecular weight excluding hydrogens is 240 g/mol. The summed E-state index contributed by atoms with van der Waals surface area (Å²) in [5.41, 5.74) is 0. The Balaban J connectivity index is 1.93. The summed E-state index contributed by atoms with van der Waals surface area (Å²) in [4.78, 5) is 2.81. The Morgan fingerprint density at radius 3 is 2.56 bits per heavy atom. The molecule has 0 aromatic heterocycles. The molecule has 2 nitrogen and oxygen atoms in total. The average molecular weight is 270 g/mol. The molecule has 3 heteroatoms. The largest absolute Gasteiger partial charge is 0.317 e. The fourth-order valence-corrected chi connectivity index (χ4v) is 4.65. The van der Waals surface area contributed by atoms with Gasteiger partial charge in [0.15, 0.2) is 0 Å². The summed E-state index contributed by atoms with van der Waals surface area (Å²) in [6.07, 6.45) is 5.57. The highest BCUT2D eigenvalue weighted by molar-refractivity contribution is 7.99. The molecule has 0 bridgehead atoms. The number of thioether (sulfide) groups is 1. The van der Waals surface area contributed by atoms with Crippen LogP contribution in [0.15, 0.2) is 0 Å². The Bertz CT molecular complexity index is 239. The third-order valence-corrected chi connectivity index (χ3v) is 5.95. The van der Waals surface area contributed by atoms with Crippen LogP contribution in [-0.2, 0) is 0 Å². The van der Waals surface area contributed by atoms with E-state index in [2.05, 4.69) is 42.7 Å². The molecular formula is C15H30N2S. The third kappa shape index (κ3) is 3.88. The molecule has 2 atom stereocenters. The fourth-order valence-electron chi connectivity index (χ4n) is 3.43. The first-order valence-corrected chi connectivity index (χ1v) is 8.81. The lowest BCUT2D eigenvalue weighted by Crippen LogP contribution is -2.49. The SMILES string of the molecule is CC1SCCCC1N(CC1CCNCC1)C(C)C. The van der Waals surface area contributed by atoms with Gasteiger partial charge in [-0.1, -0.05) is 6.92 Å². The number of piperidine rings is 1. The van der Waals surface area contributed by atoms with Crippen molar-refractivity contribution in [3.63, 3.8) is 0 Å². The molecule has 0 aliphatic carbocycles. The first-order valence-electron chi connectivity index (χ1n) is 7.76.